The number of anilines is 1. The van der Waals surface area contributed by atoms with Gasteiger partial charge in [0.25, 0.3) is 0 Å². The topological polar surface area (TPSA) is 86.8 Å². The van der Waals surface area contributed by atoms with Crippen molar-refractivity contribution in [1.82, 2.24) is 10.2 Å². The minimum atomic E-state index is -3.82. The number of rotatable bonds is 11. The van der Waals surface area contributed by atoms with Crippen LogP contribution in [0.4, 0.5) is 5.69 Å². The Labute approximate surface area is 208 Å². The molecule has 9 heteroatoms. The molecule has 0 fully saturated rings. The Bertz CT molecular complexity index is 1100. The molecule has 2 aromatic carbocycles. The van der Waals surface area contributed by atoms with E-state index in [2.05, 4.69) is 5.32 Å². The molecule has 0 saturated heterocycles. The predicted octanol–water partition coefficient (Wildman–Crippen LogP) is 3.99. The van der Waals surface area contributed by atoms with Crippen molar-refractivity contribution >= 4 is 39.1 Å². The highest BCUT2D eigenvalue weighted by atomic mass is 35.5. The van der Waals surface area contributed by atoms with Crippen LogP contribution in [0.25, 0.3) is 0 Å². The molecule has 2 aromatic rings. The highest BCUT2D eigenvalue weighted by molar-refractivity contribution is 7.92. The van der Waals surface area contributed by atoms with Gasteiger partial charge >= 0.3 is 0 Å². The number of hydrogen-bond donors (Lipinski definition) is 1. The molecule has 1 atom stereocenters. The molecule has 0 spiro atoms. The van der Waals surface area contributed by atoms with Crippen molar-refractivity contribution in [3.8, 4) is 0 Å². The summed E-state index contributed by atoms with van der Waals surface area (Å²) in [6, 6.07) is 13.3. The van der Waals surface area contributed by atoms with Crippen LogP contribution >= 0.6 is 11.6 Å². The summed E-state index contributed by atoms with van der Waals surface area (Å²) >= 11 is 6.25. The quantitative estimate of drug-likeness (QED) is 0.498. The summed E-state index contributed by atoms with van der Waals surface area (Å²) in [4.78, 5) is 28.2. The summed E-state index contributed by atoms with van der Waals surface area (Å²) in [5.74, 6) is -0.496. The average molecular weight is 508 g/mol. The van der Waals surface area contributed by atoms with Gasteiger partial charge < -0.3 is 10.2 Å². The summed E-state index contributed by atoms with van der Waals surface area (Å²) in [7, 11) is -3.82. The third kappa shape index (κ3) is 7.46. The van der Waals surface area contributed by atoms with Crippen molar-refractivity contribution in [3.05, 3.63) is 64.7 Å². The van der Waals surface area contributed by atoms with Crippen LogP contribution in [0.3, 0.4) is 0 Å². The molecule has 0 aliphatic rings. The Morgan fingerprint density at radius 1 is 1.06 bits per heavy atom. The number of halogens is 1. The van der Waals surface area contributed by atoms with Crippen LogP contribution in [0.2, 0.25) is 5.02 Å². The van der Waals surface area contributed by atoms with Gasteiger partial charge in [-0.3, -0.25) is 13.9 Å². The first-order valence-corrected chi connectivity index (χ1v) is 13.5. The number of benzene rings is 2. The molecular formula is C25H34ClN3O4S. The summed E-state index contributed by atoms with van der Waals surface area (Å²) in [5, 5.41) is 3.12. The lowest BCUT2D eigenvalue weighted by atomic mass is 10.1. The number of hydrogen-bond acceptors (Lipinski definition) is 4. The Balaban J connectivity index is 2.45. The van der Waals surface area contributed by atoms with Gasteiger partial charge in [-0.05, 0) is 42.5 Å². The number of aryl methyl sites for hydroxylation is 1. The Morgan fingerprint density at radius 3 is 2.24 bits per heavy atom. The second-order valence-corrected chi connectivity index (χ2v) is 11.0. The lowest BCUT2D eigenvalue weighted by Gasteiger charge is -2.33. The zero-order valence-corrected chi connectivity index (χ0v) is 22.0. The summed E-state index contributed by atoms with van der Waals surface area (Å²) < 4.78 is 26.2. The van der Waals surface area contributed by atoms with Gasteiger partial charge in [0.1, 0.15) is 12.6 Å². The average Bonchev–Trinajstić information content (AvgIpc) is 2.76. The second-order valence-electron chi connectivity index (χ2n) is 8.73. The third-order valence-electron chi connectivity index (χ3n) is 5.47. The maximum atomic E-state index is 13.6. The van der Waals surface area contributed by atoms with Crippen molar-refractivity contribution < 1.29 is 18.0 Å². The van der Waals surface area contributed by atoms with Crippen LogP contribution in [-0.2, 0) is 26.2 Å². The van der Waals surface area contributed by atoms with Gasteiger partial charge in [-0.25, -0.2) is 8.42 Å². The molecule has 0 bridgehead atoms. The number of amides is 2. The standard InChI is InChI=1S/C25H34ClN3O4S/c1-6-22(25(31)27-15-18(2)3)28(16-20-12-8-7-11-19(20)4)24(30)17-29(34(5,32)33)23-14-10-9-13-21(23)26/h7-14,18,22H,6,15-17H2,1-5H3,(H,27,31)/t22-/m0/s1. The van der Waals surface area contributed by atoms with Crippen LogP contribution < -0.4 is 9.62 Å². The number of carbonyl (C=O) groups is 2. The first-order valence-electron chi connectivity index (χ1n) is 11.3. The molecule has 2 rings (SSSR count). The van der Waals surface area contributed by atoms with Gasteiger partial charge in [0.05, 0.1) is 17.0 Å². The van der Waals surface area contributed by atoms with Gasteiger partial charge in [0, 0.05) is 13.1 Å². The van der Waals surface area contributed by atoms with Gasteiger partial charge in [-0.2, -0.15) is 0 Å². The zero-order chi connectivity index (χ0) is 25.5. The molecule has 1 N–H and O–H groups in total. The Hall–Kier alpha value is -2.58. The van der Waals surface area contributed by atoms with Crippen molar-refractivity contribution in [2.45, 2.75) is 46.7 Å². The summed E-state index contributed by atoms with van der Waals surface area (Å²) in [6.07, 6.45) is 1.41. The summed E-state index contributed by atoms with van der Waals surface area (Å²) in [5.41, 5.74) is 2.08. The van der Waals surface area contributed by atoms with Crippen LogP contribution in [-0.4, -0.2) is 50.5 Å². The predicted molar refractivity (Wildman–Crippen MR) is 137 cm³/mol. The van der Waals surface area contributed by atoms with E-state index in [0.717, 1.165) is 21.7 Å². The number of nitrogens with one attached hydrogen (secondary N) is 1. The SMILES string of the molecule is CC[C@@H](C(=O)NCC(C)C)N(Cc1ccccc1C)C(=O)CN(c1ccccc1Cl)S(C)(=O)=O. The third-order valence-corrected chi connectivity index (χ3v) is 6.92. The molecule has 186 valence electrons. The van der Waals surface area contributed by atoms with E-state index < -0.39 is 28.5 Å². The largest absolute Gasteiger partial charge is 0.354 e. The molecule has 0 heterocycles. The first kappa shape index (κ1) is 27.7. The zero-order valence-electron chi connectivity index (χ0n) is 20.4. The van der Waals surface area contributed by atoms with Crippen molar-refractivity contribution in [3.63, 3.8) is 0 Å². The van der Waals surface area contributed by atoms with E-state index in [9.17, 15) is 18.0 Å². The molecule has 0 aliphatic carbocycles. The first-order chi connectivity index (χ1) is 16.0. The maximum Gasteiger partial charge on any atom is 0.244 e. The number of carbonyl (C=O) groups excluding carboxylic acids is 2. The number of nitrogens with zero attached hydrogens (tertiary/aromatic N) is 2. The molecule has 0 radical (unpaired) electrons. The molecule has 2 amide bonds. The van der Waals surface area contributed by atoms with E-state index in [1.165, 1.54) is 4.90 Å². The molecule has 34 heavy (non-hydrogen) atoms. The maximum absolute atomic E-state index is 13.6. The van der Waals surface area contributed by atoms with Crippen molar-refractivity contribution in [2.24, 2.45) is 5.92 Å². The molecule has 0 unspecified atom stereocenters. The minimum Gasteiger partial charge on any atom is -0.354 e. The van der Waals surface area contributed by atoms with Crippen LogP contribution in [0.5, 0.6) is 0 Å². The van der Waals surface area contributed by atoms with E-state index in [1.807, 2.05) is 52.0 Å². The molecular weight excluding hydrogens is 474 g/mol. The van der Waals surface area contributed by atoms with Crippen LogP contribution in [0.15, 0.2) is 48.5 Å². The summed E-state index contributed by atoms with van der Waals surface area (Å²) in [6.45, 7) is 7.94. The normalized spacial score (nSPS) is 12.3. The lowest BCUT2D eigenvalue weighted by Crippen LogP contribution is -2.52. The minimum absolute atomic E-state index is 0.180. The van der Waals surface area contributed by atoms with E-state index in [-0.39, 0.29) is 29.1 Å². The molecule has 7 nitrogen and oxygen atoms in total. The van der Waals surface area contributed by atoms with Gasteiger partial charge in [0.2, 0.25) is 21.8 Å². The lowest BCUT2D eigenvalue weighted by molar-refractivity contribution is -0.140. The van der Waals surface area contributed by atoms with Gasteiger partial charge in [-0.1, -0.05) is 68.8 Å². The highest BCUT2D eigenvalue weighted by Crippen LogP contribution is 2.27. The number of para-hydroxylation sites is 1. The van der Waals surface area contributed by atoms with Gasteiger partial charge in [0.15, 0.2) is 0 Å². The fraction of sp³-hybridized carbons (Fsp3) is 0.440. The van der Waals surface area contributed by atoms with Crippen molar-refractivity contribution in [1.29, 1.82) is 0 Å². The molecule has 0 aliphatic heterocycles. The Morgan fingerprint density at radius 2 is 1.68 bits per heavy atom. The van der Waals surface area contributed by atoms with E-state index in [0.29, 0.717) is 13.0 Å². The monoisotopic (exact) mass is 507 g/mol. The van der Waals surface area contributed by atoms with Crippen molar-refractivity contribution in [2.75, 3.05) is 23.7 Å². The molecule has 0 saturated carbocycles. The van der Waals surface area contributed by atoms with Crippen LogP contribution in [0.1, 0.15) is 38.3 Å². The molecule has 0 aromatic heterocycles. The smallest absolute Gasteiger partial charge is 0.244 e. The van der Waals surface area contributed by atoms with Gasteiger partial charge in [-0.15, -0.1) is 0 Å². The van der Waals surface area contributed by atoms with E-state index in [1.54, 1.807) is 24.3 Å². The number of sulfonamides is 1. The van der Waals surface area contributed by atoms with E-state index >= 15 is 0 Å². The van der Waals surface area contributed by atoms with E-state index in [4.69, 9.17) is 11.6 Å². The Kier molecular flexibility index (Phi) is 9.94. The fourth-order valence-corrected chi connectivity index (χ4v) is 4.71. The van der Waals surface area contributed by atoms with Crippen LogP contribution in [0, 0.1) is 12.8 Å². The second kappa shape index (κ2) is 12.2. The fourth-order valence-electron chi connectivity index (χ4n) is 3.56. The highest BCUT2D eigenvalue weighted by Gasteiger charge is 2.32.